The maximum Gasteiger partial charge on any atom is 0.145 e. The zero-order valence-electron chi connectivity index (χ0n) is 28.3. The Balaban J connectivity index is 1.14. The molecule has 0 atom stereocenters. The molecule has 0 radical (unpaired) electrons. The van der Waals surface area contributed by atoms with Crippen LogP contribution in [-0.2, 0) is 6.42 Å². The Hall–Kier alpha value is -6.78. The molecular weight excluding hydrogens is 635 g/mol. The predicted molar refractivity (Wildman–Crippen MR) is 217 cm³/mol. The highest BCUT2D eigenvalue weighted by molar-refractivity contribution is 6.19. The van der Waals surface area contributed by atoms with Gasteiger partial charge in [-0.05, 0) is 85.6 Å². The maximum absolute atomic E-state index is 6.94. The van der Waals surface area contributed by atoms with Crippen molar-refractivity contribution < 1.29 is 4.42 Å². The van der Waals surface area contributed by atoms with Gasteiger partial charge in [0, 0.05) is 60.6 Å². The van der Waals surface area contributed by atoms with E-state index in [9.17, 15) is 0 Å². The summed E-state index contributed by atoms with van der Waals surface area (Å²) in [6, 6.07) is 57.0. The smallest absolute Gasteiger partial charge is 0.145 e. The molecule has 12 rings (SSSR count). The lowest BCUT2D eigenvalue weighted by molar-refractivity contribution is 0.672. The van der Waals surface area contributed by atoms with E-state index in [2.05, 4.69) is 178 Å². The largest absolute Gasteiger partial charge is 0.455 e. The van der Waals surface area contributed by atoms with E-state index < -0.39 is 0 Å². The van der Waals surface area contributed by atoms with E-state index in [1.54, 1.807) is 0 Å². The summed E-state index contributed by atoms with van der Waals surface area (Å²) < 4.78 is 14.3. The zero-order chi connectivity index (χ0) is 33.9. The van der Waals surface area contributed by atoms with Crippen molar-refractivity contribution in [2.75, 3.05) is 0 Å². The van der Waals surface area contributed by atoms with Gasteiger partial charge in [-0.3, -0.25) is 0 Å². The fourth-order valence-electron chi connectivity index (χ4n) is 9.18. The van der Waals surface area contributed by atoms with E-state index in [4.69, 9.17) is 4.42 Å². The first-order valence-electron chi connectivity index (χ1n) is 18.1. The summed E-state index contributed by atoms with van der Waals surface area (Å²) >= 11 is 0. The van der Waals surface area contributed by atoms with Gasteiger partial charge in [-0.1, -0.05) is 91.0 Å². The van der Waals surface area contributed by atoms with Crippen LogP contribution in [-0.4, -0.2) is 13.7 Å². The second kappa shape index (κ2) is 10.4. The van der Waals surface area contributed by atoms with Gasteiger partial charge in [0.2, 0.25) is 0 Å². The number of para-hydroxylation sites is 5. The zero-order valence-corrected chi connectivity index (χ0v) is 28.3. The number of rotatable bonds is 3. The molecule has 7 aromatic carbocycles. The van der Waals surface area contributed by atoms with E-state index in [-0.39, 0.29) is 0 Å². The number of hydrogen-bond donors (Lipinski definition) is 0. The lowest BCUT2D eigenvalue weighted by atomic mass is 9.98. The van der Waals surface area contributed by atoms with Crippen LogP contribution in [0.25, 0.3) is 99.6 Å². The lowest BCUT2D eigenvalue weighted by Crippen LogP contribution is -2.08. The molecule has 0 unspecified atom stereocenters. The molecule has 0 spiro atoms. The van der Waals surface area contributed by atoms with Crippen molar-refractivity contribution in [1.29, 1.82) is 0 Å². The Labute approximate surface area is 298 Å². The van der Waals surface area contributed by atoms with Crippen LogP contribution in [0, 0.1) is 0 Å². The molecule has 4 aromatic heterocycles. The highest BCUT2D eigenvalue weighted by Gasteiger charge is 2.27. The summed E-state index contributed by atoms with van der Waals surface area (Å²) in [6.07, 6.45) is 4.30. The molecule has 1 aliphatic rings. The third kappa shape index (κ3) is 3.70. The first-order chi connectivity index (χ1) is 25.8. The van der Waals surface area contributed by atoms with Crippen LogP contribution in [0.2, 0.25) is 0 Å². The normalized spacial score (nSPS) is 13.3. The van der Waals surface area contributed by atoms with Gasteiger partial charge in [0.15, 0.2) is 0 Å². The standard InChI is InChI=1S/C48H31N3O/c1-2-12-30(13-3-1)49-44-25-22-31(50-40-18-8-4-14-33(40)34-15-5-9-19-41(34)50)29-39(44)47-45(49)26-24-37-38-28-32(23-27-46(38)52-48(37)47)51-42-20-10-6-16-35(42)36-17-7-11-21-43(36)51/h1-21,23-24,26-29H,22,25H2. The van der Waals surface area contributed by atoms with E-state index in [0.29, 0.717) is 0 Å². The Morgan fingerprint density at radius 2 is 0.981 bits per heavy atom. The van der Waals surface area contributed by atoms with Crippen LogP contribution in [0.1, 0.15) is 17.7 Å². The van der Waals surface area contributed by atoms with E-state index in [1.165, 1.54) is 77.2 Å². The van der Waals surface area contributed by atoms with Crippen molar-refractivity contribution in [3.05, 3.63) is 169 Å². The molecule has 4 nitrogen and oxygen atoms in total. The van der Waals surface area contributed by atoms with Crippen molar-refractivity contribution >= 4 is 88.2 Å². The number of aromatic nitrogens is 3. The monoisotopic (exact) mass is 665 g/mol. The van der Waals surface area contributed by atoms with Crippen LogP contribution >= 0.6 is 0 Å². The number of nitrogens with zero attached hydrogens (tertiary/aromatic N) is 3. The van der Waals surface area contributed by atoms with Gasteiger partial charge < -0.3 is 18.1 Å². The third-order valence-corrected chi connectivity index (χ3v) is 11.3. The number of fused-ring (bicyclic) bond motifs is 13. The molecule has 4 heteroatoms. The van der Waals surface area contributed by atoms with Gasteiger partial charge in [-0.25, -0.2) is 0 Å². The molecule has 0 saturated heterocycles. The lowest BCUT2D eigenvalue weighted by Gasteiger charge is -2.19. The molecule has 4 heterocycles. The quantitative estimate of drug-likeness (QED) is 0.185. The Morgan fingerprint density at radius 3 is 1.62 bits per heavy atom. The summed E-state index contributed by atoms with van der Waals surface area (Å²) in [7, 11) is 0. The molecule has 244 valence electrons. The van der Waals surface area contributed by atoms with Crippen molar-refractivity contribution in [3.8, 4) is 11.4 Å². The number of furan rings is 1. The van der Waals surface area contributed by atoms with Crippen LogP contribution in [0.3, 0.4) is 0 Å². The third-order valence-electron chi connectivity index (χ3n) is 11.3. The summed E-state index contributed by atoms with van der Waals surface area (Å²) in [4.78, 5) is 0. The Bertz CT molecular complexity index is 3190. The average Bonchev–Trinajstić information content (AvgIpc) is 3.94. The Morgan fingerprint density at radius 1 is 0.404 bits per heavy atom. The first kappa shape index (κ1) is 28.0. The number of hydrogen-bond acceptors (Lipinski definition) is 1. The minimum atomic E-state index is 0.899. The maximum atomic E-state index is 6.94. The van der Waals surface area contributed by atoms with Crippen LogP contribution < -0.4 is 0 Å². The van der Waals surface area contributed by atoms with E-state index in [0.717, 1.165) is 40.5 Å². The summed E-state index contributed by atoms with van der Waals surface area (Å²) in [5.74, 6) is 0. The first-order valence-corrected chi connectivity index (χ1v) is 18.1. The van der Waals surface area contributed by atoms with Gasteiger partial charge in [0.25, 0.3) is 0 Å². The molecule has 0 aliphatic heterocycles. The molecular formula is C48H31N3O. The summed E-state index contributed by atoms with van der Waals surface area (Å²) in [5.41, 5.74) is 14.1. The molecule has 0 amide bonds. The molecule has 1 aliphatic carbocycles. The minimum Gasteiger partial charge on any atom is -0.455 e. The molecule has 0 fully saturated rings. The van der Waals surface area contributed by atoms with Crippen LogP contribution in [0.4, 0.5) is 0 Å². The fourth-order valence-corrected chi connectivity index (χ4v) is 9.18. The summed E-state index contributed by atoms with van der Waals surface area (Å²) in [5, 5.41) is 8.53. The van der Waals surface area contributed by atoms with Crippen LogP contribution in [0.15, 0.2) is 162 Å². The van der Waals surface area contributed by atoms with Gasteiger partial charge >= 0.3 is 0 Å². The Kier molecular flexibility index (Phi) is 5.58. The molecule has 0 N–H and O–H groups in total. The molecule has 11 aromatic rings. The molecule has 52 heavy (non-hydrogen) atoms. The minimum absolute atomic E-state index is 0.899. The predicted octanol–water partition coefficient (Wildman–Crippen LogP) is 12.7. The van der Waals surface area contributed by atoms with Gasteiger partial charge in [0.05, 0.1) is 33.0 Å². The second-order valence-electron chi connectivity index (χ2n) is 14.0. The van der Waals surface area contributed by atoms with Gasteiger partial charge in [0.1, 0.15) is 11.2 Å². The highest BCUT2D eigenvalue weighted by atomic mass is 16.3. The number of benzene rings is 7. The highest BCUT2D eigenvalue weighted by Crippen LogP contribution is 2.45. The summed E-state index contributed by atoms with van der Waals surface area (Å²) in [6.45, 7) is 0. The van der Waals surface area contributed by atoms with Crippen molar-refractivity contribution in [2.45, 2.75) is 12.8 Å². The van der Waals surface area contributed by atoms with Crippen molar-refractivity contribution in [2.24, 2.45) is 0 Å². The average molecular weight is 666 g/mol. The van der Waals surface area contributed by atoms with Crippen molar-refractivity contribution in [3.63, 3.8) is 0 Å². The molecule has 0 saturated carbocycles. The van der Waals surface area contributed by atoms with Gasteiger partial charge in [-0.15, -0.1) is 0 Å². The van der Waals surface area contributed by atoms with Crippen molar-refractivity contribution in [1.82, 2.24) is 13.7 Å². The fraction of sp³-hybridized carbons (Fsp3) is 0.0417. The number of allylic oxidation sites excluding steroid dienone is 1. The van der Waals surface area contributed by atoms with E-state index in [1.807, 2.05) is 0 Å². The topological polar surface area (TPSA) is 27.9 Å². The van der Waals surface area contributed by atoms with Gasteiger partial charge in [-0.2, -0.15) is 0 Å². The second-order valence-corrected chi connectivity index (χ2v) is 14.0. The van der Waals surface area contributed by atoms with E-state index >= 15 is 0 Å². The SMILES string of the molecule is C1=C(n2c3ccccc3c3ccccc32)CCc2c1c1c3oc4ccc(-n5c6ccccc6c6ccccc65)cc4c3ccc1n2-c1ccccc1. The molecule has 0 bridgehead atoms. The van der Waals surface area contributed by atoms with Crippen LogP contribution in [0.5, 0.6) is 0 Å².